The first-order valence-corrected chi connectivity index (χ1v) is 13.0. The van der Waals surface area contributed by atoms with Crippen LogP contribution in [0.15, 0.2) is 41.5 Å². The van der Waals surface area contributed by atoms with Gasteiger partial charge in [0.1, 0.15) is 0 Å². The third kappa shape index (κ3) is 4.47. The van der Waals surface area contributed by atoms with Gasteiger partial charge >= 0.3 is 0 Å². The zero-order valence-corrected chi connectivity index (χ0v) is 19.2. The van der Waals surface area contributed by atoms with Crippen LogP contribution in [0.4, 0.5) is 0 Å². The molecule has 162 valence electrons. The Morgan fingerprint density at radius 1 is 1.10 bits per heavy atom. The number of sulfonamides is 1. The van der Waals surface area contributed by atoms with Crippen LogP contribution < -0.4 is 4.72 Å². The van der Waals surface area contributed by atoms with Gasteiger partial charge in [0, 0.05) is 27.7 Å². The summed E-state index contributed by atoms with van der Waals surface area (Å²) < 4.78 is 26.8. The Bertz CT molecular complexity index is 1020. The molecule has 3 atom stereocenters. The molecule has 0 spiro atoms. The number of carbonyl (C=O) groups excluding carboxylic acids is 1. The molecule has 1 aromatic carbocycles. The number of nitrogens with zero attached hydrogens (tertiary/aromatic N) is 1. The molecule has 2 fully saturated rings. The molecule has 1 N–H and O–H groups in total. The SMILES string of the molecule is CS(=O)(=O)N[C@H]1CCCC[C@@H]1N1C(=O)C2=CCCC=C2C[C@@H]1c1ccc(Cl)cc1Cl. The van der Waals surface area contributed by atoms with Gasteiger partial charge in [0.15, 0.2) is 0 Å². The van der Waals surface area contributed by atoms with E-state index in [9.17, 15) is 13.2 Å². The molecular formula is C22H26Cl2N2O3S. The highest BCUT2D eigenvalue weighted by Crippen LogP contribution is 2.45. The van der Waals surface area contributed by atoms with Crippen molar-refractivity contribution in [3.8, 4) is 0 Å². The first-order chi connectivity index (χ1) is 14.2. The van der Waals surface area contributed by atoms with Crippen molar-refractivity contribution in [2.75, 3.05) is 6.26 Å². The Morgan fingerprint density at radius 3 is 2.57 bits per heavy atom. The van der Waals surface area contributed by atoms with Gasteiger partial charge in [-0.25, -0.2) is 13.1 Å². The van der Waals surface area contributed by atoms with Crippen molar-refractivity contribution in [3.05, 3.63) is 57.1 Å². The number of halogens is 2. The van der Waals surface area contributed by atoms with Gasteiger partial charge in [0.05, 0.1) is 12.3 Å². The molecule has 2 aliphatic carbocycles. The Labute approximate surface area is 188 Å². The molecule has 0 unspecified atom stereocenters. The van der Waals surface area contributed by atoms with E-state index in [1.807, 2.05) is 17.0 Å². The molecule has 5 nitrogen and oxygen atoms in total. The van der Waals surface area contributed by atoms with Gasteiger partial charge in [-0.05, 0) is 55.4 Å². The highest BCUT2D eigenvalue weighted by atomic mass is 35.5. The van der Waals surface area contributed by atoms with E-state index in [1.54, 1.807) is 12.1 Å². The summed E-state index contributed by atoms with van der Waals surface area (Å²) in [6.07, 6.45) is 11.1. The van der Waals surface area contributed by atoms with Crippen LogP contribution >= 0.6 is 23.2 Å². The predicted octanol–water partition coefficient (Wildman–Crippen LogP) is 4.77. The molecule has 1 amide bonds. The lowest BCUT2D eigenvalue weighted by molar-refractivity contribution is -0.135. The van der Waals surface area contributed by atoms with Crippen molar-refractivity contribution in [1.82, 2.24) is 9.62 Å². The number of allylic oxidation sites excluding steroid dienone is 2. The molecule has 1 saturated heterocycles. The molecule has 0 bridgehead atoms. The molecule has 8 heteroatoms. The fraction of sp³-hybridized carbons (Fsp3) is 0.500. The van der Waals surface area contributed by atoms with Crippen LogP contribution in [-0.2, 0) is 14.8 Å². The monoisotopic (exact) mass is 468 g/mol. The minimum absolute atomic E-state index is 0.0320. The Kier molecular flexibility index (Phi) is 6.31. The highest BCUT2D eigenvalue weighted by Gasteiger charge is 2.44. The molecular weight excluding hydrogens is 443 g/mol. The summed E-state index contributed by atoms with van der Waals surface area (Å²) in [7, 11) is -3.39. The molecule has 1 aliphatic heterocycles. The second-order valence-corrected chi connectivity index (χ2v) is 11.0. The van der Waals surface area contributed by atoms with Crippen molar-refractivity contribution >= 4 is 39.1 Å². The number of hydrogen-bond donors (Lipinski definition) is 1. The van der Waals surface area contributed by atoms with Crippen LogP contribution in [-0.4, -0.2) is 37.6 Å². The lowest BCUT2D eigenvalue weighted by Gasteiger charge is -2.48. The molecule has 0 aromatic heterocycles. The topological polar surface area (TPSA) is 66.5 Å². The third-order valence-electron chi connectivity index (χ3n) is 6.24. The maximum absolute atomic E-state index is 13.7. The van der Waals surface area contributed by atoms with Crippen molar-refractivity contribution < 1.29 is 13.2 Å². The fourth-order valence-corrected chi connectivity index (χ4v) is 6.36. The summed E-state index contributed by atoms with van der Waals surface area (Å²) in [6, 6.07) is 4.60. The van der Waals surface area contributed by atoms with E-state index in [-0.39, 0.29) is 24.0 Å². The van der Waals surface area contributed by atoms with Crippen molar-refractivity contribution in [2.45, 2.75) is 63.1 Å². The largest absolute Gasteiger partial charge is 0.327 e. The number of nitrogens with one attached hydrogen (secondary N) is 1. The third-order valence-corrected chi connectivity index (χ3v) is 7.53. The van der Waals surface area contributed by atoms with E-state index in [1.165, 1.54) is 6.26 Å². The number of amides is 1. The van der Waals surface area contributed by atoms with Crippen molar-refractivity contribution in [1.29, 1.82) is 0 Å². The molecule has 30 heavy (non-hydrogen) atoms. The van der Waals surface area contributed by atoms with Gasteiger partial charge in [-0.1, -0.05) is 54.3 Å². The minimum Gasteiger partial charge on any atom is -0.327 e. The number of likely N-dealkylation sites (tertiary alicyclic amines) is 1. The average molecular weight is 469 g/mol. The number of fused-ring (bicyclic) bond motifs is 1. The van der Waals surface area contributed by atoms with E-state index in [0.29, 0.717) is 22.9 Å². The Morgan fingerprint density at radius 2 is 1.83 bits per heavy atom. The molecule has 1 saturated carbocycles. The average Bonchev–Trinajstić information content (AvgIpc) is 2.68. The summed E-state index contributed by atoms with van der Waals surface area (Å²) in [6.45, 7) is 0. The first-order valence-electron chi connectivity index (χ1n) is 10.4. The summed E-state index contributed by atoms with van der Waals surface area (Å²) in [5.41, 5.74) is 2.66. The molecule has 1 heterocycles. The zero-order valence-electron chi connectivity index (χ0n) is 16.9. The van der Waals surface area contributed by atoms with Gasteiger partial charge in [-0.3, -0.25) is 4.79 Å². The van der Waals surface area contributed by atoms with E-state index in [0.717, 1.165) is 48.8 Å². The number of piperidine rings is 1. The Balaban J connectivity index is 1.78. The lowest BCUT2D eigenvalue weighted by Crippen LogP contribution is -2.57. The smallest absolute Gasteiger partial charge is 0.254 e. The maximum atomic E-state index is 13.7. The van der Waals surface area contributed by atoms with Gasteiger partial charge in [-0.15, -0.1) is 0 Å². The van der Waals surface area contributed by atoms with Crippen LogP contribution in [0, 0.1) is 0 Å². The molecule has 0 radical (unpaired) electrons. The fourth-order valence-electron chi connectivity index (χ4n) is 5.00. The van der Waals surface area contributed by atoms with Gasteiger partial charge in [-0.2, -0.15) is 0 Å². The second kappa shape index (κ2) is 8.65. The first kappa shape index (κ1) is 21.9. The quantitative estimate of drug-likeness (QED) is 0.691. The van der Waals surface area contributed by atoms with Crippen molar-refractivity contribution in [2.24, 2.45) is 0 Å². The molecule has 1 aromatic rings. The number of hydrogen-bond acceptors (Lipinski definition) is 3. The maximum Gasteiger partial charge on any atom is 0.254 e. The minimum atomic E-state index is -3.39. The van der Waals surface area contributed by atoms with Gasteiger partial charge < -0.3 is 4.90 Å². The van der Waals surface area contributed by atoms with Crippen molar-refractivity contribution in [3.63, 3.8) is 0 Å². The van der Waals surface area contributed by atoms with E-state index in [2.05, 4.69) is 10.8 Å². The van der Waals surface area contributed by atoms with Crippen LogP contribution in [0.25, 0.3) is 0 Å². The second-order valence-electron chi connectivity index (χ2n) is 8.37. The van der Waals surface area contributed by atoms with Gasteiger partial charge in [0.2, 0.25) is 10.0 Å². The van der Waals surface area contributed by atoms with Crippen LogP contribution in [0.2, 0.25) is 10.0 Å². The standard InChI is InChI=1S/C22H26Cl2N2O3S/c1-30(28,29)25-19-8-4-5-9-20(19)26-21(17-11-10-15(23)13-18(17)24)12-14-6-2-3-7-16(14)22(26)27/h6-7,10-11,13,19-21,25H,2-5,8-9,12H2,1H3/t19-,20-,21+/m0/s1. The van der Waals surface area contributed by atoms with E-state index < -0.39 is 10.0 Å². The normalized spacial score (nSPS) is 27.4. The summed E-state index contributed by atoms with van der Waals surface area (Å²) in [5.74, 6) is -0.0320. The van der Waals surface area contributed by atoms with Crippen LogP contribution in [0.5, 0.6) is 0 Å². The number of rotatable bonds is 4. The number of benzene rings is 1. The molecule has 4 rings (SSSR count). The Hall–Kier alpha value is -1.34. The van der Waals surface area contributed by atoms with Crippen LogP contribution in [0.1, 0.15) is 56.6 Å². The zero-order chi connectivity index (χ0) is 21.5. The summed E-state index contributed by atoms with van der Waals surface area (Å²) >= 11 is 12.7. The van der Waals surface area contributed by atoms with Gasteiger partial charge in [0.25, 0.3) is 5.91 Å². The summed E-state index contributed by atoms with van der Waals surface area (Å²) in [4.78, 5) is 15.6. The van der Waals surface area contributed by atoms with E-state index >= 15 is 0 Å². The van der Waals surface area contributed by atoms with Crippen LogP contribution in [0.3, 0.4) is 0 Å². The lowest BCUT2D eigenvalue weighted by atomic mass is 9.80. The van der Waals surface area contributed by atoms with E-state index in [4.69, 9.17) is 23.2 Å². The number of carbonyl (C=O) groups is 1. The highest BCUT2D eigenvalue weighted by molar-refractivity contribution is 7.88. The summed E-state index contributed by atoms with van der Waals surface area (Å²) in [5, 5.41) is 1.07. The predicted molar refractivity (Wildman–Crippen MR) is 120 cm³/mol. The molecule has 3 aliphatic rings.